The second-order valence-corrected chi connectivity index (χ2v) is 5.07. The van der Waals surface area contributed by atoms with Gasteiger partial charge >= 0.3 is 0 Å². The molecule has 1 fully saturated rings. The van der Waals surface area contributed by atoms with E-state index in [4.69, 9.17) is 0 Å². The van der Waals surface area contributed by atoms with Gasteiger partial charge < -0.3 is 10.2 Å². The van der Waals surface area contributed by atoms with Crippen molar-refractivity contribution in [1.82, 2.24) is 5.32 Å². The van der Waals surface area contributed by atoms with E-state index in [0.717, 1.165) is 13.1 Å². The van der Waals surface area contributed by atoms with Gasteiger partial charge in [0, 0.05) is 24.8 Å². The summed E-state index contributed by atoms with van der Waals surface area (Å²) in [6.07, 6.45) is 3.85. The summed E-state index contributed by atoms with van der Waals surface area (Å²) in [5, 5.41) is 3.64. The molecule has 2 heteroatoms. The van der Waals surface area contributed by atoms with E-state index in [-0.39, 0.29) is 0 Å². The number of anilines is 1. The third kappa shape index (κ3) is 3.47. The molecule has 17 heavy (non-hydrogen) atoms. The number of nitrogens with zero attached hydrogens (tertiary/aromatic N) is 1. The van der Waals surface area contributed by atoms with Crippen LogP contribution in [0.25, 0.3) is 0 Å². The molecule has 0 spiro atoms. The molecule has 2 nitrogen and oxygen atoms in total. The first kappa shape index (κ1) is 12.4. The molecule has 1 aliphatic heterocycles. The van der Waals surface area contributed by atoms with Crippen LogP contribution in [0.5, 0.6) is 0 Å². The van der Waals surface area contributed by atoms with Crippen molar-refractivity contribution in [3.63, 3.8) is 0 Å². The Bertz CT molecular complexity index is 331. The SMILES string of the molecule is CCCNC1CCCN(c2ccc(C)cc2)C1. The molecule has 0 radical (unpaired) electrons. The highest BCUT2D eigenvalue weighted by molar-refractivity contribution is 5.48. The summed E-state index contributed by atoms with van der Waals surface area (Å²) in [7, 11) is 0. The first-order valence-corrected chi connectivity index (χ1v) is 6.84. The van der Waals surface area contributed by atoms with Crippen molar-refractivity contribution in [2.24, 2.45) is 0 Å². The van der Waals surface area contributed by atoms with E-state index in [0.29, 0.717) is 6.04 Å². The van der Waals surface area contributed by atoms with Crippen molar-refractivity contribution < 1.29 is 0 Å². The second-order valence-electron chi connectivity index (χ2n) is 5.07. The summed E-state index contributed by atoms with van der Waals surface area (Å²) in [6, 6.07) is 9.58. The van der Waals surface area contributed by atoms with E-state index in [9.17, 15) is 0 Å². The van der Waals surface area contributed by atoms with Crippen molar-refractivity contribution in [2.75, 3.05) is 24.5 Å². The Hall–Kier alpha value is -1.02. The van der Waals surface area contributed by atoms with Gasteiger partial charge in [0.2, 0.25) is 0 Å². The molecule has 1 N–H and O–H groups in total. The standard InChI is InChI=1S/C15H24N2/c1-3-10-16-14-5-4-11-17(12-14)15-8-6-13(2)7-9-15/h6-9,14,16H,3-5,10-12H2,1-2H3. The van der Waals surface area contributed by atoms with Gasteiger partial charge in [-0.05, 0) is 44.9 Å². The number of nitrogens with one attached hydrogen (secondary N) is 1. The van der Waals surface area contributed by atoms with Crippen molar-refractivity contribution >= 4 is 5.69 Å². The third-order valence-corrected chi connectivity index (χ3v) is 3.50. The van der Waals surface area contributed by atoms with Crippen LogP contribution in [-0.2, 0) is 0 Å². The summed E-state index contributed by atoms with van der Waals surface area (Å²) in [5.74, 6) is 0. The van der Waals surface area contributed by atoms with E-state index in [1.54, 1.807) is 0 Å². The largest absolute Gasteiger partial charge is 0.370 e. The van der Waals surface area contributed by atoms with E-state index in [1.807, 2.05) is 0 Å². The molecule has 0 aromatic heterocycles. The Labute approximate surface area is 105 Å². The lowest BCUT2D eigenvalue weighted by atomic mass is 10.0. The van der Waals surface area contributed by atoms with Crippen LogP contribution in [0.15, 0.2) is 24.3 Å². The van der Waals surface area contributed by atoms with Crippen LogP contribution in [0, 0.1) is 6.92 Å². The van der Waals surface area contributed by atoms with E-state index < -0.39 is 0 Å². The van der Waals surface area contributed by atoms with Gasteiger partial charge in [0.1, 0.15) is 0 Å². The number of rotatable bonds is 4. The van der Waals surface area contributed by atoms with Crippen LogP contribution in [0.3, 0.4) is 0 Å². The van der Waals surface area contributed by atoms with Crippen LogP contribution in [0.1, 0.15) is 31.7 Å². The molecule has 0 amide bonds. The fourth-order valence-corrected chi connectivity index (χ4v) is 2.48. The quantitative estimate of drug-likeness (QED) is 0.858. The van der Waals surface area contributed by atoms with Crippen LogP contribution in [0.4, 0.5) is 5.69 Å². The van der Waals surface area contributed by atoms with Crippen molar-refractivity contribution in [3.8, 4) is 0 Å². The maximum atomic E-state index is 3.64. The minimum atomic E-state index is 0.671. The second kappa shape index (κ2) is 6.06. The Morgan fingerprint density at radius 3 is 2.76 bits per heavy atom. The number of hydrogen-bond acceptors (Lipinski definition) is 2. The predicted octanol–water partition coefficient (Wildman–Crippen LogP) is 2.96. The Kier molecular flexibility index (Phi) is 4.43. The molecular weight excluding hydrogens is 208 g/mol. The summed E-state index contributed by atoms with van der Waals surface area (Å²) in [6.45, 7) is 7.88. The molecule has 94 valence electrons. The number of benzene rings is 1. The molecule has 1 atom stereocenters. The van der Waals surface area contributed by atoms with Gasteiger partial charge in [0.05, 0.1) is 0 Å². The topological polar surface area (TPSA) is 15.3 Å². The van der Waals surface area contributed by atoms with Crippen molar-refractivity contribution in [1.29, 1.82) is 0 Å². The van der Waals surface area contributed by atoms with Crippen molar-refractivity contribution in [2.45, 2.75) is 39.2 Å². The molecule has 1 heterocycles. The van der Waals surface area contributed by atoms with Gasteiger partial charge in [-0.1, -0.05) is 24.6 Å². The zero-order chi connectivity index (χ0) is 12.1. The Balaban J connectivity index is 1.94. The van der Waals surface area contributed by atoms with Gasteiger partial charge in [-0.3, -0.25) is 0 Å². The lowest BCUT2D eigenvalue weighted by Crippen LogP contribution is -2.46. The molecule has 2 rings (SSSR count). The fraction of sp³-hybridized carbons (Fsp3) is 0.600. The smallest absolute Gasteiger partial charge is 0.0366 e. The summed E-state index contributed by atoms with van der Waals surface area (Å²) in [5.41, 5.74) is 2.71. The molecule has 1 unspecified atom stereocenters. The number of piperidine rings is 1. The van der Waals surface area contributed by atoms with E-state index >= 15 is 0 Å². The monoisotopic (exact) mass is 232 g/mol. The van der Waals surface area contributed by atoms with Crippen molar-refractivity contribution in [3.05, 3.63) is 29.8 Å². The zero-order valence-corrected chi connectivity index (χ0v) is 11.1. The molecule has 0 bridgehead atoms. The predicted molar refractivity (Wildman–Crippen MR) is 74.7 cm³/mol. The minimum Gasteiger partial charge on any atom is -0.370 e. The normalized spacial score (nSPS) is 20.6. The highest BCUT2D eigenvalue weighted by Gasteiger charge is 2.19. The molecular formula is C15H24N2. The summed E-state index contributed by atoms with van der Waals surface area (Å²) < 4.78 is 0. The third-order valence-electron chi connectivity index (χ3n) is 3.50. The molecule has 0 aliphatic carbocycles. The van der Waals surface area contributed by atoms with Crippen LogP contribution < -0.4 is 10.2 Å². The van der Waals surface area contributed by atoms with Gasteiger partial charge in [-0.2, -0.15) is 0 Å². The average Bonchev–Trinajstić information content (AvgIpc) is 2.37. The van der Waals surface area contributed by atoms with Crippen LogP contribution in [0.2, 0.25) is 0 Å². The molecule has 1 saturated heterocycles. The Morgan fingerprint density at radius 1 is 1.29 bits per heavy atom. The summed E-state index contributed by atoms with van der Waals surface area (Å²) >= 11 is 0. The highest BCUT2D eigenvalue weighted by Crippen LogP contribution is 2.20. The highest BCUT2D eigenvalue weighted by atomic mass is 15.2. The van der Waals surface area contributed by atoms with Gasteiger partial charge in [0.15, 0.2) is 0 Å². The van der Waals surface area contributed by atoms with E-state index in [2.05, 4.69) is 48.3 Å². The van der Waals surface area contributed by atoms with Gasteiger partial charge in [-0.15, -0.1) is 0 Å². The van der Waals surface area contributed by atoms with Crippen LogP contribution in [-0.4, -0.2) is 25.7 Å². The minimum absolute atomic E-state index is 0.671. The lowest BCUT2D eigenvalue weighted by Gasteiger charge is -2.35. The first-order valence-electron chi connectivity index (χ1n) is 6.84. The Morgan fingerprint density at radius 2 is 2.06 bits per heavy atom. The number of aryl methyl sites for hydroxylation is 1. The average molecular weight is 232 g/mol. The molecule has 1 aromatic rings. The first-order chi connectivity index (χ1) is 8.29. The maximum absolute atomic E-state index is 3.64. The maximum Gasteiger partial charge on any atom is 0.0366 e. The van der Waals surface area contributed by atoms with E-state index in [1.165, 1.54) is 37.1 Å². The lowest BCUT2D eigenvalue weighted by molar-refractivity contribution is 0.423. The van der Waals surface area contributed by atoms with Gasteiger partial charge in [0.25, 0.3) is 0 Å². The summed E-state index contributed by atoms with van der Waals surface area (Å²) in [4.78, 5) is 2.51. The number of hydrogen-bond donors (Lipinski definition) is 1. The zero-order valence-electron chi connectivity index (χ0n) is 11.1. The fourth-order valence-electron chi connectivity index (χ4n) is 2.48. The molecule has 1 aromatic carbocycles. The van der Waals surface area contributed by atoms with Gasteiger partial charge in [-0.25, -0.2) is 0 Å². The molecule has 1 aliphatic rings. The van der Waals surface area contributed by atoms with Crippen LogP contribution >= 0.6 is 0 Å². The molecule has 0 saturated carbocycles.